The fourth-order valence-corrected chi connectivity index (χ4v) is 4.69. The Labute approximate surface area is 184 Å². The van der Waals surface area contributed by atoms with Gasteiger partial charge in [0.25, 0.3) is 5.88 Å². The number of anilines is 3. The molecule has 2 heterocycles. The Kier molecular flexibility index (Phi) is 6.90. The van der Waals surface area contributed by atoms with Gasteiger partial charge < -0.3 is 19.7 Å². The highest BCUT2D eigenvalue weighted by Crippen LogP contribution is 2.29. The van der Waals surface area contributed by atoms with E-state index in [-0.39, 0.29) is 18.1 Å². The summed E-state index contributed by atoms with van der Waals surface area (Å²) in [6, 6.07) is 8.10. The first kappa shape index (κ1) is 21.8. The van der Waals surface area contributed by atoms with Crippen molar-refractivity contribution in [3.8, 4) is 5.88 Å². The molecule has 0 radical (unpaired) electrons. The fraction of sp³-hybridized carbons (Fsp3) is 0.583. The van der Waals surface area contributed by atoms with Crippen LogP contribution in [0.1, 0.15) is 46.5 Å². The van der Waals surface area contributed by atoms with Crippen LogP contribution in [0.5, 0.6) is 5.88 Å². The minimum absolute atomic E-state index is 0.0173. The standard InChI is InChI=1S/C24H33FN4O2/c1-16-5-4-6-19(11-16)15-30-23-22(25)12-26-24(28-23)27-20-7-9-21(10-8-20)29-13-17(2)31-18(3)14-29/h7-10,12,16-19H,4-6,11,13-15H2,1-3H3,(H,26,27,28)/t16?,17-,18+,19?. The summed E-state index contributed by atoms with van der Waals surface area (Å²) in [5.41, 5.74) is 2.00. The molecule has 7 heteroatoms. The van der Waals surface area contributed by atoms with Gasteiger partial charge in [0.1, 0.15) is 0 Å². The van der Waals surface area contributed by atoms with Gasteiger partial charge in [-0.3, -0.25) is 0 Å². The molecule has 1 saturated heterocycles. The molecule has 4 atom stereocenters. The molecule has 2 aromatic rings. The molecule has 0 amide bonds. The number of benzene rings is 1. The van der Waals surface area contributed by atoms with Gasteiger partial charge in [0.15, 0.2) is 0 Å². The average Bonchev–Trinajstić information content (AvgIpc) is 2.74. The van der Waals surface area contributed by atoms with Crippen LogP contribution in [-0.4, -0.2) is 41.9 Å². The lowest BCUT2D eigenvalue weighted by Crippen LogP contribution is -2.45. The first-order valence-corrected chi connectivity index (χ1v) is 11.4. The predicted octanol–water partition coefficient (Wildman–Crippen LogP) is 5.18. The highest BCUT2D eigenvalue weighted by molar-refractivity contribution is 5.59. The lowest BCUT2D eigenvalue weighted by Gasteiger charge is -2.36. The topological polar surface area (TPSA) is 59.5 Å². The van der Waals surface area contributed by atoms with Crippen LogP contribution in [0.3, 0.4) is 0 Å². The molecule has 1 N–H and O–H groups in total. The number of nitrogens with one attached hydrogen (secondary N) is 1. The molecular weight excluding hydrogens is 395 g/mol. The van der Waals surface area contributed by atoms with E-state index >= 15 is 0 Å². The summed E-state index contributed by atoms with van der Waals surface area (Å²) < 4.78 is 25.7. The summed E-state index contributed by atoms with van der Waals surface area (Å²) in [6.07, 6.45) is 6.34. The number of halogens is 1. The Morgan fingerprint density at radius 3 is 2.58 bits per heavy atom. The van der Waals surface area contributed by atoms with Crippen molar-refractivity contribution in [2.24, 2.45) is 11.8 Å². The summed E-state index contributed by atoms with van der Waals surface area (Å²) in [5, 5.41) is 3.15. The number of morpholine rings is 1. The predicted molar refractivity (Wildman–Crippen MR) is 121 cm³/mol. The first-order valence-electron chi connectivity index (χ1n) is 11.4. The van der Waals surface area contributed by atoms with Gasteiger partial charge in [-0.25, -0.2) is 4.98 Å². The maximum atomic E-state index is 14.2. The number of hydrogen-bond acceptors (Lipinski definition) is 6. The van der Waals surface area contributed by atoms with Crippen LogP contribution in [0, 0.1) is 17.7 Å². The van der Waals surface area contributed by atoms with Crippen LogP contribution >= 0.6 is 0 Å². The molecule has 1 aromatic carbocycles. The second-order valence-corrected chi connectivity index (χ2v) is 9.13. The summed E-state index contributed by atoms with van der Waals surface area (Å²) >= 11 is 0. The fourth-order valence-electron chi connectivity index (χ4n) is 4.69. The van der Waals surface area contributed by atoms with E-state index in [2.05, 4.69) is 53.1 Å². The Hall–Kier alpha value is -2.41. The van der Waals surface area contributed by atoms with Crippen molar-refractivity contribution in [1.82, 2.24) is 9.97 Å². The molecule has 168 valence electrons. The Balaban J connectivity index is 1.37. The van der Waals surface area contributed by atoms with Crippen LogP contribution in [0.2, 0.25) is 0 Å². The molecule has 4 rings (SSSR count). The van der Waals surface area contributed by atoms with E-state index in [9.17, 15) is 4.39 Å². The van der Waals surface area contributed by atoms with Crippen LogP contribution in [0.25, 0.3) is 0 Å². The number of hydrogen-bond donors (Lipinski definition) is 1. The highest BCUT2D eigenvalue weighted by atomic mass is 19.1. The van der Waals surface area contributed by atoms with E-state index in [0.717, 1.165) is 37.3 Å². The molecule has 31 heavy (non-hydrogen) atoms. The van der Waals surface area contributed by atoms with E-state index in [1.165, 1.54) is 19.0 Å². The van der Waals surface area contributed by atoms with Crippen molar-refractivity contribution in [2.75, 3.05) is 29.9 Å². The lowest BCUT2D eigenvalue weighted by atomic mass is 9.83. The molecule has 6 nitrogen and oxygen atoms in total. The number of nitrogens with zero attached hydrogens (tertiary/aromatic N) is 3. The van der Waals surface area contributed by atoms with E-state index in [4.69, 9.17) is 9.47 Å². The average molecular weight is 429 g/mol. The molecular formula is C24H33FN4O2. The summed E-state index contributed by atoms with van der Waals surface area (Å²) in [7, 11) is 0. The number of aromatic nitrogens is 2. The van der Waals surface area contributed by atoms with Gasteiger partial charge in [-0.2, -0.15) is 9.37 Å². The van der Waals surface area contributed by atoms with Gasteiger partial charge >= 0.3 is 0 Å². The van der Waals surface area contributed by atoms with Crippen molar-refractivity contribution in [2.45, 2.75) is 58.7 Å². The van der Waals surface area contributed by atoms with E-state index in [1.807, 2.05) is 12.1 Å². The molecule has 0 spiro atoms. The molecule has 1 aliphatic carbocycles. The quantitative estimate of drug-likeness (QED) is 0.684. The SMILES string of the molecule is CC1CCCC(COc2nc(Nc3ccc(N4C[C@@H](C)O[C@@H](C)C4)cc3)ncc2F)C1. The second-order valence-electron chi connectivity index (χ2n) is 9.13. The van der Waals surface area contributed by atoms with E-state index < -0.39 is 5.82 Å². The molecule has 1 aliphatic heterocycles. The monoisotopic (exact) mass is 428 g/mol. The number of rotatable bonds is 6. The van der Waals surface area contributed by atoms with Gasteiger partial charge in [-0.1, -0.05) is 19.8 Å². The van der Waals surface area contributed by atoms with Crippen LogP contribution in [0.4, 0.5) is 21.7 Å². The van der Waals surface area contributed by atoms with Crippen LogP contribution in [-0.2, 0) is 4.74 Å². The minimum atomic E-state index is -0.527. The largest absolute Gasteiger partial charge is 0.475 e. The maximum Gasteiger partial charge on any atom is 0.255 e. The Morgan fingerprint density at radius 2 is 1.87 bits per heavy atom. The third kappa shape index (κ3) is 5.85. The lowest BCUT2D eigenvalue weighted by molar-refractivity contribution is -0.00521. The highest BCUT2D eigenvalue weighted by Gasteiger charge is 2.23. The van der Waals surface area contributed by atoms with Crippen molar-refractivity contribution in [3.63, 3.8) is 0 Å². The molecule has 2 aliphatic rings. The molecule has 1 aromatic heterocycles. The number of ether oxygens (including phenoxy) is 2. The normalized spacial score (nSPS) is 26.5. The zero-order valence-electron chi connectivity index (χ0n) is 18.7. The van der Waals surface area contributed by atoms with Crippen molar-refractivity contribution in [3.05, 3.63) is 36.3 Å². The van der Waals surface area contributed by atoms with Gasteiger partial charge in [-0.05, 0) is 62.8 Å². The second kappa shape index (κ2) is 9.81. The van der Waals surface area contributed by atoms with Gasteiger partial charge in [0.05, 0.1) is 25.0 Å². The van der Waals surface area contributed by atoms with E-state index in [1.54, 1.807) is 0 Å². The molecule has 2 unspecified atom stereocenters. The first-order chi connectivity index (χ1) is 15.0. The molecule has 0 bridgehead atoms. The van der Waals surface area contributed by atoms with Gasteiger partial charge in [0, 0.05) is 24.5 Å². The Bertz CT molecular complexity index is 853. The van der Waals surface area contributed by atoms with Crippen LogP contribution in [0.15, 0.2) is 30.5 Å². The minimum Gasteiger partial charge on any atom is -0.475 e. The summed E-state index contributed by atoms with van der Waals surface area (Å²) in [6.45, 7) is 8.71. The molecule has 2 fully saturated rings. The third-order valence-electron chi connectivity index (χ3n) is 6.12. The van der Waals surface area contributed by atoms with Crippen LogP contribution < -0.4 is 15.0 Å². The smallest absolute Gasteiger partial charge is 0.255 e. The van der Waals surface area contributed by atoms with Crippen molar-refractivity contribution >= 4 is 17.3 Å². The van der Waals surface area contributed by atoms with Crippen molar-refractivity contribution in [1.29, 1.82) is 0 Å². The maximum absolute atomic E-state index is 14.2. The van der Waals surface area contributed by atoms with Crippen molar-refractivity contribution < 1.29 is 13.9 Å². The molecule has 1 saturated carbocycles. The van der Waals surface area contributed by atoms with E-state index in [0.29, 0.717) is 24.4 Å². The zero-order valence-corrected chi connectivity index (χ0v) is 18.7. The zero-order chi connectivity index (χ0) is 21.8. The van der Waals surface area contributed by atoms with Gasteiger partial charge in [-0.15, -0.1) is 0 Å². The summed E-state index contributed by atoms with van der Waals surface area (Å²) in [5.74, 6) is 0.994. The third-order valence-corrected chi connectivity index (χ3v) is 6.12. The van der Waals surface area contributed by atoms with Gasteiger partial charge in [0.2, 0.25) is 11.8 Å². The Morgan fingerprint density at radius 1 is 1.13 bits per heavy atom. The summed E-state index contributed by atoms with van der Waals surface area (Å²) in [4.78, 5) is 10.7.